The molecule has 0 aliphatic rings. The van der Waals surface area contributed by atoms with Crippen molar-refractivity contribution in [2.24, 2.45) is 0 Å². The molecule has 0 spiro atoms. The molecule has 0 aromatic rings. The number of nitrogens with one attached hydrogen (secondary N) is 1. The van der Waals surface area contributed by atoms with Crippen molar-refractivity contribution in [2.75, 3.05) is 20.1 Å². The Bertz CT molecular complexity index is 284. The van der Waals surface area contributed by atoms with Crippen LogP contribution in [0.25, 0.3) is 0 Å². The first kappa shape index (κ1) is 16.9. The molecule has 5 heteroatoms. The van der Waals surface area contributed by atoms with Crippen LogP contribution >= 0.6 is 0 Å². The summed E-state index contributed by atoms with van der Waals surface area (Å²) in [5, 5.41) is 2.56. The van der Waals surface area contributed by atoms with E-state index in [0.717, 1.165) is 6.42 Å². The van der Waals surface area contributed by atoms with Gasteiger partial charge in [0, 0.05) is 7.05 Å². The van der Waals surface area contributed by atoms with Crippen LogP contribution in [0.3, 0.4) is 0 Å². The third kappa shape index (κ3) is 6.59. The molecule has 0 aliphatic heterocycles. The molecule has 0 rings (SSSR count). The summed E-state index contributed by atoms with van der Waals surface area (Å²) >= 11 is 0. The lowest BCUT2D eigenvalue weighted by molar-refractivity contribution is -0.161. The molecule has 0 heterocycles. The Morgan fingerprint density at radius 1 is 1.33 bits per heavy atom. The summed E-state index contributed by atoms with van der Waals surface area (Å²) < 4.78 is 5.33. The van der Waals surface area contributed by atoms with E-state index >= 15 is 0 Å². The molecule has 0 fully saturated rings. The Labute approximate surface area is 110 Å². The molecule has 0 radical (unpaired) electrons. The summed E-state index contributed by atoms with van der Waals surface area (Å²) in [6.45, 7) is 10.2. The second kappa shape index (κ2) is 7.36. The van der Waals surface area contributed by atoms with Gasteiger partial charge in [-0.15, -0.1) is 0 Å². The molecular weight excluding hydrogens is 232 g/mol. The SMILES string of the molecule is CCCN(CC(=O)NC)C(C)C(=O)OC(C)(C)C. The first-order chi connectivity index (χ1) is 8.21. The molecule has 106 valence electrons. The Hall–Kier alpha value is -1.10. The minimum atomic E-state index is -0.504. The molecule has 1 atom stereocenters. The first-order valence-electron chi connectivity index (χ1n) is 6.38. The number of nitrogens with zero attached hydrogens (tertiary/aromatic N) is 1. The predicted octanol–water partition coefficient (Wildman–Crippen LogP) is 1.17. The fourth-order valence-electron chi connectivity index (χ4n) is 1.50. The summed E-state index contributed by atoms with van der Waals surface area (Å²) in [7, 11) is 1.59. The van der Waals surface area contributed by atoms with E-state index in [0.29, 0.717) is 6.54 Å². The van der Waals surface area contributed by atoms with Gasteiger partial charge < -0.3 is 10.1 Å². The summed E-state index contributed by atoms with van der Waals surface area (Å²) in [5.74, 6) is -0.390. The first-order valence-corrected chi connectivity index (χ1v) is 6.38. The van der Waals surface area contributed by atoms with Crippen molar-refractivity contribution in [3.63, 3.8) is 0 Å². The molecule has 0 aliphatic carbocycles. The number of likely N-dealkylation sites (N-methyl/N-ethyl adjacent to an activating group) is 1. The normalized spacial score (nSPS) is 13.3. The third-order valence-electron chi connectivity index (χ3n) is 2.43. The Morgan fingerprint density at radius 2 is 1.89 bits per heavy atom. The predicted molar refractivity (Wildman–Crippen MR) is 71.2 cm³/mol. The van der Waals surface area contributed by atoms with Crippen molar-refractivity contribution in [3.8, 4) is 0 Å². The zero-order valence-electron chi connectivity index (χ0n) is 12.4. The highest BCUT2D eigenvalue weighted by Crippen LogP contribution is 2.11. The lowest BCUT2D eigenvalue weighted by Gasteiger charge is -2.29. The zero-order valence-corrected chi connectivity index (χ0v) is 12.4. The van der Waals surface area contributed by atoms with Gasteiger partial charge in [-0.05, 0) is 40.7 Å². The number of rotatable bonds is 6. The van der Waals surface area contributed by atoms with E-state index in [2.05, 4.69) is 5.32 Å². The highest BCUT2D eigenvalue weighted by molar-refractivity contribution is 5.80. The van der Waals surface area contributed by atoms with Crippen LogP contribution in [-0.2, 0) is 14.3 Å². The van der Waals surface area contributed by atoms with Crippen molar-refractivity contribution < 1.29 is 14.3 Å². The fourth-order valence-corrected chi connectivity index (χ4v) is 1.50. The van der Waals surface area contributed by atoms with E-state index in [4.69, 9.17) is 4.74 Å². The molecule has 0 saturated heterocycles. The van der Waals surface area contributed by atoms with E-state index in [1.54, 1.807) is 14.0 Å². The number of esters is 1. The maximum atomic E-state index is 11.9. The monoisotopic (exact) mass is 258 g/mol. The minimum absolute atomic E-state index is 0.0983. The van der Waals surface area contributed by atoms with Crippen LogP contribution in [-0.4, -0.2) is 48.6 Å². The molecule has 0 aromatic heterocycles. The van der Waals surface area contributed by atoms with Crippen LogP contribution in [0.1, 0.15) is 41.0 Å². The molecule has 0 aromatic carbocycles. The average molecular weight is 258 g/mol. The van der Waals surface area contributed by atoms with Gasteiger partial charge in [-0.3, -0.25) is 14.5 Å². The van der Waals surface area contributed by atoms with Gasteiger partial charge in [0.25, 0.3) is 0 Å². The summed E-state index contributed by atoms with van der Waals surface area (Å²) in [4.78, 5) is 25.2. The highest BCUT2D eigenvalue weighted by Gasteiger charge is 2.27. The van der Waals surface area contributed by atoms with Crippen molar-refractivity contribution >= 4 is 11.9 Å². The van der Waals surface area contributed by atoms with Crippen LogP contribution < -0.4 is 5.32 Å². The molecule has 0 bridgehead atoms. The maximum absolute atomic E-state index is 11.9. The van der Waals surface area contributed by atoms with Gasteiger partial charge in [0.05, 0.1) is 6.54 Å². The number of carbonyl (C=O) groups excluding carboxylic acids is 2. The van der Waals surface area contributed by atoms with Gasteiger partial charge >= 0.3 is 5.97 Å². The molecule has 1 N–H and O–H groups in total. The Morgan fingerprint density at radius 3 is 2.28 bits per heavy atom. The number of hydrogen-bond acceptors (Lipinski definition) is 4. The van der Waals surface area contributed by atoms with Crippen LogP contribution in [0.2, 0.25) is 0 Å². The largest absolute Gasteiger partial charge is 0.459 e. The van der Waals surface area contributed by atoms with E-state index in [1.165, 1.54) is 0 Å². The number of amides is 1. The van der Waals surface area contributed by atoms with Gasteiger partial charge in [0.2, 0.25) is 5.91 Å². The van der Waals surface area contributed by atoms with E-state index in [1.807, 2.05) is 32.6 Å². The van der Waals surface area contributed by atoms with E-state index in [9.17, 15) is 9.59 Å². The van der Waals surface area contributed by atoms with Crippen LogP contribution in [0.4, 0.5) is 0 Å². The lowest BCUT2D eigenvalue weighted by atomic mass is 10.2. The molecule has 5 nitrogen and oxygen atoms in total. The number of ether oxygens (including phenoxy) is 1. The van der Waals surface area contributed by atoms with Crippen molar-refractivity contribution in [1.29, 1.82) is 0 Å². The second-order valence-electron chi connectivity index (χ2n) is 5.35. The van der Waals surface area contributed by atoms with Crippen LogP contribution in [0, 0.1) is 0 Å². The number of carbonyl (C=O) groups is 2. The van der Waals surface area contributed by atoms with Gasteiger partial charge in [0.1, 0.15) is 11.6 Å². The second-order valence-corrected chi connectivity index (χ2v) is 5.35. The minimum Gasteiger partial charge on any atom is -0.459 e. The van der Waals surface area contributed by atoms with Crippen LogP contribution in [0.5, 0.6) is 0 Å². The zero-order chi connectivity index (χ0) is 14.3. The fraction of sp³-hybridized carbons (Fsp3) is 0.846. The average Bonchev–Trinajstić information content (AvgIpc) is 2.24. The maximum Gasteiger partial charge on any atom is 0.323 e. The Kier molecular flexibility index (Phi) is 6.91. The van der Waals surface area contributed by atoms with Gasteiger partial charge in [-0.25, -0.2) is 0 Å². The Balaban J connectivity index is 4.59. The standard InChI is InChI=1S/C13H26N2O3/c1-7-8-15(9-11(16)14-6)10(2)12(17)18-13(3,4)5/h10H,7-9H2,1-6H3,(H,14,16). The molecular formula is C13H26N2O3. The molecule has 1 amide bonds. The highest BCUT2D eigenvalue weighted by atomic mass is 16.6. The van der Waals surface area contributed by atoms with Crippen molar-refractivity contribution in [2.45, 2.75) is 52.7 Å². The van der Waals surface area contributed by atoms with Crippen molar-refractivity contribution in [3.05, 3.63) is 0 Å². The van der Waals surface area contributed by atoms with Gasteiger partial charge in [0.15, 0.2) is 0 Å². The lowest BCUT2D eigenvalue weighted by Crippen LogP contribution is -2.46. The smallest absolute Gasteiger partial charge is 0.323 e. The molecule has 18 heavy (non-hydrogen) atoms. The summed E-state index contributed by atoms with van der Waals surface area (Å²) in [6, 6.07) is -0.415. The molecule has 0 saturated carbocycles. The van der Waals surface area contributed by atoms with E-state index < -0.39 is 11.6 Å². The summed E-state index contributed by atoms with van der Waals surface area (Å²) in [5.41, 5.74) is -0.504. The quantitative estimate of drug-likeness (QED) is 0.727. The molecule has 1 unspecified atom stereocenters. The topological polar surface area (TPSA) is 58.6 Å². The third-order valence-corrected chi connectivity index (χ3v) is 2.43. The van der Waals surface area contributed by atoms with Gasteiger partial charge in [-0.1, -0.05) is 6.92 Å². The van der Waals surface area contributed by atoms with E-state index in [-0.39, 0.29) is 18.4 Å². The van der Waals surface area contributed by atoms with Crippen molar-refractivity contribution in [1.82, 2.24) is 10.2 Å². The van der Waals surface area contributed by atoms with Crippen LogP contribution in [0.15, 0.2) is 0 Å². The van der Waals surface area contributed by atoms with Gasteiger partial charge in [-0.2, -0.15) is 0 Å². The number of hydrogen-bond donors (Lipinski definition) is 1. The summed E-state index contributed by atoms with van der Waals surface area (Å²) in [6.07, 6.45) is 0.879.